The van der Waals surface area contributed by atoms with E-state index in [-0.39, 0.29) is 36.2 Å². The smallest absolute Gasteiger partial charge is 0.255 e. The monoisotopic (exact) mass is 381 g/mol. The molecule has 2 atom stereocenters. The van der Waals surface area contributed by atoms with Crippen LogP contribution < -0.4 is 11.1 Å². The first-order chi connectivity index (χ1) is 8.69. The van der Waals surface area contributed by atoms with Crippen LogP contribution >= 0.6 is 24.0 Å². The Hall–Kier alpha value is -0.900. The highest BCUT2D eigenvalue weighted by atomic mass is 127. The largest absolute Gasteiger partial charge is 0.370 e. The van der Waals surface area contributed by atoms with Crippen LogP contribution in [0.15, 0.2) is 9.52 Å². The molecule has 2 rings (SSSR count). The molecule has 1 aliphatic heterocycles. The maximum absolute atomic E-state index is 5.80. The van der Waals surface area contributed by atoms with E-state index in [1.807, 2.05) is 6.92 Å². The number of hydrogen-bond donors (Lipinski definition) is 2. The van der Waals surface area contributed by atoms with Gasteiger partial charge < -0.3 is 20.3 Å². The van der Waals surface area contributed by atoms with Gasteiger partial charge in [0.1, 0.15) is 6.10 Å². The number of aromatic nitrogens is 2. The number of nitrogens with one attached hydrogen (secondary N) is 1. The summed E-state index contributed by atoms with van der Waals surface area (Å²) in [6.07, 6.45) is 1.77. The molecule has 1 aliphatic rings. The predicted octanol–water partition coefficient (Wildman–Crippen LogP) is 1.14. The normalized spacial score (nSPS) is 23.2. The first-order valence-corrected chi connectivity index (χ1v) is 6.18. The summed E-state index contributed by atoms with van der Waals surface area (Å²) in [6.45, 7) is 5.09. The minimum absolute atomic E-state index is 0. The van der Waals surface area contributed by atoms with Crippen LogP contribution in [0.25, 0.3) is 0 Å². The SMILES string of the molecule is CCNC(N)=NC[C@H]1CC[C@@H](c2nc(C)no2)O1.I. The van der Waals surface area contributed by atoms with Crippen molar-refractivity contribution in [1.29, 1.82) is 0 Å². The predicted molar refractivity (Wildman–Crippen MR) is 81.5 cm³/mol. The number of halogens is 1. The first-order valence-electron chi connectivity index (χ1n) is 6.18. The third kappa shape index (κ3) is 4.60. The molecule has 0 saturated carbocycles. The van der Waals surface area contributed by atoms with E-state index in [9.17, 15) is 0 Å². The molecule has 2 heterocycles. The van der Waals surface area contributed by atoms with Gasteiger partial charge >= 0.3 is 0 Å². The summed E-state index contributed by atoms with van der Waals surface area (Å²) < 4.78 is 10.9. The number of aliphatic imine (C=N–C) groups is 1. The van der Waals surface area contributed by atoms with E-state index in [2.05, 4.69) is 20.4 Å². The van der Waals surface area contributed by atoms with Crippen LogP contribution in [0.4, 0.5) is 0 Å². The summed E-state index contributed by atoms with van der Waals surface area (Å²) in [5.74, 6) is 1.64. The molecule has 0 aliphatic carbocycles. The van der Waals surface area contributed by atoms with Crippen LogP contribution in [0.3, 0.4) is 0 Å². The molecule has 0 amide bonds. The van der Waals surface area contributed by atoms with Gasteiger partial charge in [-0.25, -0.2) is 0 Å². The third-order valence-corrected chi connectivity index (χ3v) is 2.75. The van der Waals surface area contributed by atoms with Gasteiger partial charge in [-0.1, -0.05) is 5.16 Å². The molecule has 1 saturated heterocycles. The molecule has 3 N–H and O–H groups in total. The standard InChI is InChI=1S/C11H19N5O2.HI/c1-3-13-11(12)14-6-8-4-5-9(17-8)10-15-7(2)16-18-10;/h8-9H,3-6H2,1-2H3,(H3,12,13,14);1H/t8-,9+;/m1./s1. The average molecular weight is 381 g/mol. The second kappa shape index (κ2) is 7.63. The van der Waals surface area contributed by atoms with E-state index in [0.29, 0.717) is 24.2 Å². The maximum atomic E-state index is 5.80. The number of aryl methyl sites for hydroxylation is 1. The lowest BCUT2D eigenvalue weighted by Crippen LogP contribution is -2.32. The van der Waals surface area contributed by atoms with Crippen LogP contribution in [0, 0.1) is 6.92 Å². The van der Waals surface area contributed by atoms with Gasteiger partial charge in [-0.3, -0.25) is 4.99 Å². The number of nitrogens with two attached hydrogens (primary N) is 1. The highest BCUT2D eigenvalue weighted by molar-refractivity contribution is 14.0. The Labute approximate surface area is 129 Å². The fourth-order valence-electron chi connectivity index (χ4n) is 1.90. The van der Waals surface area contributed by atoms with Crippen molar-refractivity contribution in [2.45, 2.75) is 38.9 Å². The highest BCUT2D eigenvalue weighted by Crippen LogP contribution is 2.31. The van der Waals surface area contributed by atoms with E-state index < -0.39 is 0 Å². The molecular weight excluding hydrogens is 361 g/mol. The van der Waals surface area contributed by atoms with Crippen molar-refractivity contribution in [3.8, 4) is 0 Å². The summed E-state index contributed by atoms with van der Waals surface area (Å²) in [5.41, 5.74) is 5.65. The van der Waals surface area contributed by atoms with Crippen molar-refractivity contribution >= 4 is 29.9 Å². The van der Waals surface area contributed by atoms with E-state index in [1.165, 1.54) is 0 Å². The van der Waals surface area contributed by atoms with Gasteiger partial charge in [0.15, 0.2) is 11.8 Å². The number of guanidine groups is 1. The molecule has 108 valence electrons. The van der Waals surface area contributed by atoms with Gasteiger partial charge in [0.25, 0.3) is 5.89 Å². The topological polar surface area (TPSA) is 98.6 Å². The number of hydrogen-bond acceptors (Lipinski definition) is 5. The summed E-state index contributed by atoms with van der Waals surface area (Å²) in [5, 5.41) is 6.71. The molecule has 0 spiro atoms. The zero-order chi connectivity index (χ0) is 13.0. The molecule has 8 heteroatoms. The first kappa shape index (κ1) is 16.2. The summed E-state index contributed by atoms with van der Waals surface area (Å²) >= 11 is 0. The summed E-state index contributed by atoms with van der Waals surface area (Å²) in [6, 6.07) is 0. The summed E-state index contributed by atoms with van der Waals surface area (Å²) in [7, 11) is 0. The van der Waals surface area contributed by atoms with Gasteiger partial charge in [-0.2, -0.15) is 4.98 Å². The van der Waals surface area contributed by atoms with Gasteiger partial charge in [-0.15, -0.1) is 24.0 Å². The Kier molecular flexibility index (Phi) is 6.49. The average Bonchev–Trinajstić information content (AvgIpc) is 2.95. The minimum atomic E-state index is -0.105. The quantitative estimate of drug-likeness (QED) is 0.461. The molecule has 19 heavy (non-hydrogen) atoms. The van der Waals surface area contributed by atoms with Crippen molar-refractivity contribution in [1.82, 2.24) is 15.5 Å². The second-order valence-corrected chi connectivity index (χ2v) is 4.26. The van der Waals surface area contributed by atoms with Crippen LogP contribution in [0.2, 0.25) is 0 Å². The van der Waals surface area contributed by atoms with E-state index >= 15 is 0 Å². The van der Waals surface area contributed by atoms with Crippen LogP contribution in [0.1, 0.15) is 37.6 Å². The fourth-order valence-corrected chi connectivity index (χ4v) is 1.90. The van der Waals surface area contributed by atoms with Gasteiger partial charge in [0, 0.05) is 6.54 Å². The minimum Gasteiger partial charge on any atom is -0.370 e. The molecule has 1 aromatic rings. The fraction of sp³-hybridized carbons (Fsp3) is 0.727. The molecule has 0 unspecified atom stereocenters. The lowest BCUT2D eigenvalue weighted by molar-refractivity contribution is 0.0309. The Morgan fingerprint density at radius 1 is 1.53 bits per heavy atom. The van der Waals surface area contributed by atoms with Crippen LogP contribution in [0.5, 0.6) is 0 Å². The number of nitrogens with zero attached hydrogens (tertiary/aromatic N) is 3. The molecule has 0 aromatic carbocycles. The van der Waals surface area contributed by atoms with Crippen LogP contribution in [-0.4, -0.2) is 35.3 Å². The molecular formula is C11H20IN5O2. The van der Waals surface area contributed by atoms with Crippen molar-refractivity contribution in [2.75, 3.05) is 13.1 Å². The Morgan fingerprint density at radius 2 is 2.32 bits per heavy atom. The van der Waals surface area contributed by atoms with Crippen molar-refractivity contribution < 1.29 is 9.26 Å². The lowest BCUT2D eigenvalue weighted by atomic mass is 10.2. The van der Waals surface area contributed by atoms with Crippen molar-refractivity contribution in [3.05, 3.63) is 11.7 Å². The van der Waals surface area contributed by atoms with Crippen molar-refractivity contribution in [3.63, 3.8) is 0 Å². The zero-order valence-electron chi connectivity index (χ0n) is 11.1. The molecule has 1 aromatic heterocycles. The Bertz CT molecular complexity index is 423. The lowest BCUT2D eigenvalue weighted by Gasteiger charge is -2.09. The molecule has 0 bridgehead atoms. The van der Waals surface area contributed by atoms with E-state index in [4.69, 9.17) is 15.0 Å². The molecule has 0 radical (unpaired) electrons. The summed E-state index contributed by atoms with van der Waals surface area (Å²) in [4.78, 5) is 8.40. The van der Waals surface area contributed by atoms with E-state index in [0.717, 1.165) is 19.4 Å². The molecule has 1 fully saturated rings. The second-order valence-electron chi connectivity index (χ2n) is 4.26. The Morgan fingerprint density at radius 3 is 2.95 bits per heavy atom. The van der Waals surface area contributed by atoms with E-state index in [1.54, 1.807) is 6.92 Å². The number of ether oxygens (including phenoxy) is 1. The highest BCUT2D eigenvalue weighted by Gasteiger charge is 2.30. The third-order valence-electron chi connectivity index (χ3n) is 2.75. The maximum Gasteiger partial charge on any atom is 0.255 e. The van der Waals surface area contributed by atoms with Gasteiger partial charge in [0.05, 0.1) is 12.6 Å². The zero-order valence-corrected chi connectivity index (χ0v) is 13.5. The van der Waals surface area contributed by atoms with Crippen LogP contribution in [-0.2, 0) is 4.74 Å². The Balaban J connectivity index is 0.00000180. The molecule has 7 nitrogen and oxygen atoms in total. The number of rotatable bonds is 4. The van der Waals surface area contributed by atoms with Gasteiger partial charge in [0.2, 0.25) is 0 Å². The van der Waals surface area contributed by atoms with Gasteiger partial charge in [-0.05, 0) is 26.7 Å². The van der Waals surface area contributed by atoms with Crippen molar-refractivity contribution in [2.24, 2.45) is 10.7 Å².